The first-order chi connectivity index (χ1) is 17.9. The van der Waals surface area contributed by atoms with E-state index in [4.69, 9.17) is 18.9 Å². The number of carbonyl (C=O) groups is 2. The second-order valence-electron chi connectivity index (χ2n) is 7.69. The lowest BCUT2D eigenvalue weighted by Crippen LogP contribution is -2.06. The van der Waals surface area contributed by atoms with Crippen molar-refractivity contribution in [3.8, 4) is 17.2 Å². The molecule has 2 aliphatic heterocycles. The highest BCUT2D eigenvalue weighted by atomic mass is 79.9. The van der Waals surface area contributed by atoms with E-state index in [1.54, 1.807) is 42.5 Å². The van der Waals surface area contributed by atoms with Crippen molar-refractivity contribution in [2.45, 2.75) is 0 Å². The van der Waals surface area contributed by atoms with Crippen LogP contribution in [0.4, 0.5) is 5.69 Å². The molecule has 0 aromatic heterocycles. The van der Waals surface area contributed by atoms with E-state index in [-0.39, 0.29) is 29.8 Å². The average Bonchev–Trinajstić information content (AvgIpc) is 3.50. The normalized spacial score (nSPS) is 15.1. The van der Waals surface area contributed by atoms with E-state index in [9.17, 15) is 19.7 Å². The number of rotatable bonds is 6. The number of halogens is 1. The fourth-order valence-electron chi connectivity index (χ4n) is 3.48. The van der Waals surface area contributed by atoms with Crippen molar-refractivity contribution in [2.24, 2.45) is 4.99 Å². The van der Waals surface area contributed by atoms with Gasteiger partial charge in [0.15, 0.2) is 17.2 Å². The molecule has 0 bridgehead atoms. The molecule has 0 N–H and O–H groups in total. The minimum atomic E-state index is -0.716. The molecular weight excluding hydrogens is 548 g/mol. The number of nitro groups is 1. The summed E-state index contributed by atoms with van der Waals surface area (Å²) in [6.07, 6.45) is 4.00. The summed E-state index contributed by atoms with van der Waals surface area (Å²) in [4.78, 5) is 39.7. The quantitative estimate of drug-likeness (QED) is 0.134. The number of cyclic esters (lactones) is 1. The Morgan fingerprint density at radius 3 is 2.76 bits per heavy atom. The number of hydrogen-bond acceptors (Lipinski definition) is 9. The maximum Gasteiger partial charge on any atom is 0.363 e. The summed E-state index contributed by atoms with van der Waals surface area (Å²) in [5, 5.41) is 10.9. The minimum Gasteiger partial charge on any atom is -0.454 e. The number of nitro benzene ring substituents is 1. The molecule has 0 fully saturated rings. The highest BCUT2D eigenvalue weighted by Crippen LogP contribution is 2.34. The van der Waals surface area contributed by atoms with Crippen molar-refractivity contribution in [3.63, 3.8) is 0 Å². The first-order valence-electron chi connectivity index (χ1n) is 10.7. The summed E-state index contributed by atoms with van der Waals surface area (Å²) in [7, 11) is 0. The number of esters is 2. The fourth-order valence-corrected chi connectivity index (χ4v) is 3.86. The molecule has 10 nitrogen and oxygen atoms in total. The Balaban J connectivity index is 1.37. The van der Waals surface area contributed by atoms with Gasteiger partial charge in [0.1, 0.15) is 5.75 Å². The van der Waals surface area contributed by atoms with E-state index in [0.29, 0.717) is 32.7 Å². The molecule has 0 amide bonds. The van der Waals surface area contributed by atoms with Crippen molar-refractivity contribution in [1.82, 2.24) is 0 Å². The largest absolute Gasteiger partial charge is 0.454 e. The SMILES string of the molecule is O=C(/C=C/c1cccc([N+](=O)[O-])c1)Oc1ccc(Br)cc1/C=C1/N=C(c2ccc3c(c2)OCO3)OC1=O. The minimum absolute atomic E-state index is 0.00945. The van der Waals surface area contributed by atoms with Crippen LogP contribution in [0.1, 0.15) is 16.7 Å². The van der Waals surface area contributed by atoms with Crippen LogP contribution in [0.5, 0.6) is 17.2 Å². The van der Waals surface area contributed by atoms with Crippen LogP contribution in [-0.2, 0) is 14.3 Å². The molecule has 0 aliphatic carbocycles. The molecule has 37 heavy (non-hydrogen) atoms. The summed E-state index contributed by atoms with van der Waals surface area (Å²) in [5.74, 6) is -0.00739. The predicted octanol–water partition coefficient (Wildman–Crippen LogP) is 5.05. The van der Waals surface area contributed by atoms with Crippen LogP contribution in [0.25, 0.3) is 12.2 Å². The summed E-state index contributed by atoms with van der Waals surface area (Å²) < 4.78 is 22.1. The molecule has 0 unspecified atom stereocenters. The molecule has 0 atom stereocenters. The topological polar surface area (TPSA) is 127 Å². The summed E-state index contributed by atoms with van der Waals surface area (Å²) >= 11 is 3.37. The summed E-state index contributed by atoms with van der Waals surface area (Å²) in [6, 6.07) is 15.8. The maximum atomic E-state index is 12.5. The number of nitrogens with zero attached hydrogens (tertiary/aromatic N) is 2. The molecule has 0 saturated heterocycles. The van der Waals surface area contributed by atoms with Crippen molar-refractivity contribution < 1.29 is 33.5 Å². The Bertz CT molecular complexity index is 1540. The number of benzene rings is 3. The third kappa shape index (κ3) is 5.41. The van der Waals surface area contributed by atoms with Crippen LogP contribution < -0.4 is 14.2 Å². The second kappa shape index (κ2) is 10.1. The Labute approximate surface area is 217 Å². The van der Waals surface area contributed by atoms with E-state index in [0.717, 1.165) is 6.08 Å². The van der Waals surface area contributed by atoms with Gasteiger partial charge in [0.2, 0.25) is 12.7 Å². The molecule has 3 aromatic carbocycles. The summed E-state index contributed by atoms with van der Waals surface area (Å²) in [6.45, 7) is 0.112. The molecule has 2 aliphatic rings. The molecule has 5 rings (SSSR count). The van der Waals surface area contributed by atoms with Crippen molar-refractivity contribution in [3.05, 3.63) is 104 Å². The van der Waals surface area contributed by atoms with Crippen LogP contribution in [0, 0.1) is 10.1 Å². The van der Waals surface area contributed by atoms with Crippen LogP contribution in [-0.4, -0.2) is 29.6 Å². The Morgan fingerprint density at radius 1 is 1.08 bits per heavy atom. The molecule has 0 spiro atoms. The zero-order valence-electron chi connectivity index (χ0n) is 18.8. The van der Waals surface area contributed by atoms with Crippen molar-refractivity contribution >= 4 is 51.6 Å². The van der Waals surface area contributed by atoms with Crippen molar-refractivity contribution in [1.29, 1.82) is 0 Å². The van der Waals surface area contributed by atoms with Gasteiger partial charge in [-0.25, -0.2) is 14.6 Å². The van der Waals surface area contributed by atoms with Crippen LogP contribution >= 0.6 is 15.9 Å². The monoisotopic (exact) mass is 562 g/mol. The summed E-state index contributed by atoms with van der Waals surface area (Å²) in [5.41, 5.74) is 1.31. The lowest BCUT2D eigenvalue weighted by Gasteiger charge is -2.06. The number of non-ortho nitro benzene ring substituents is 1. The zero-order valence-corrected chi connectivity index (χ0v) is 20.3. The molecule has 11 heteroatoms. The van der Waals surface area contributed by atoms with Gasteiger partial charge in [-0.2, -0.15) is 0 Å². The third-order valence-corrected chi connectivity index (χ3v) is 5.70. The van der Waals surface area contributed by atoms with Crippen LogP contribution in [0.15, 0.2) is 81.9 Å². The van der Waals surface area contributed by atoms with E-state index in [2.05, 4.69) is 20.9 Å². The number of carbonyl (C=O) groups excluding carboxylic acids is 2. The van der Waals surface area contributed by atoms with E-state index < -0.39 is 16.9 Å². The van der Waals surface area contributed by atoms with Gasteiger partial charge in [0.25, 0.3) is 5.69 Å². The van der Waals surface area contributed by atoms with Gasteiger partial charge >= 0.3 is 11.9 Å². The molecule has 184 valence electrons. The van der Waals surface area contributed by atoms with Gasteiger partial charge in [0, 0.05) is 33.8 Å². The molecule has 0 saturated carbocycles. The zero-order chi connectivity index (χ0) is 25.9. The van der Waals surface area contributed by atoms with Gasteiger partial charge in [-0.3, -0.25) is 10.1 Å². The highest BCUT2D eigenvalue weighted by Gasteiger charge is 2.26. The lowest BCUT2D eigenvalue weighted by molar-refractivity contribution is -0.384. The average molecular weight is 563 g/mol. The van der Waals surface area contributed by atoms with Crippen LogP contribution in [0.2, 0.25) is 0 Å². The Morgan fingerprint density at radius 2 is 1.92 bits per heavy atom. The first-order valence-corrected chi connectivity index (χ1v) is 11.5. The van der Waals surface area contributed by atoms with Crippen LogP contribution in [0.3, 0.4) is 0 Å². The van der Waals surface area contributed by atoms with Crippen molar-refractivity contribution in [2.75, 3.05) is 6.79 Å². The lowest BCUT2D eigenvalue weighted by atomic mass is 10.1. The fraction of sp³-hybridized carbons (Fsp3) is 0.0385. The molecule has 0 radical (unpaired) electrons. The smallest absolute Gasteiger partial charge is 0.363 e. The standard InChI is InChI=1S/C26H15BrN2O8/c27-18-6-8-21(36-24(30)9-4-15-2-1-3-19(10-15)29(32)33)17(11-18)12-20-26(31)37-25(28-20)16-5-7-22-23(13-16)35-14-34-22/h1-13H,14H2/b9-4+,20-12+. The maximum absolute atomic E-state index is 12.5. The van der Waals surface area contributed by atoms with E-state index in [1.165, 1.54) is 30.4 Å². The number of hydrogen-bond donors (Lipinski definition) is 0. The van der Waals surface area contributed by atoms with Gasteiger partial charge < -0.3 is 18.9 Å². The van der Waals surface area contributed by atoms with Gasteiger partial charge in [-0.05, 0) is 54.1 Å². The molecule has 3 aromatic rings. The van der Waals surface area contributed by atoms with E-state index in [1.807, 2.05) is 0 Å². The highest BCUT2D eigenvalue weighted by molar-refractivity contribution is 9.10. The van der Waals surface area contributed by atoms with Gasteiger partial charge in [-0.1, -0.05) is 28.1 Å². The molecular formula is C26H15BrN2O8. The Kier molecular flexibility index (Phi) is 6.52. The second-order valence-corrected chi connectivity index (χ2v) is 8.61. The van der Waals surface area contributed by atoms with E-state index >= 15 is 0 Å². The number of aliphatic imine (C=N–C) groups is 1. The Hall–Kier alpha value is -4.77. The first kappa shape index (κ1) is 23.9. The molecule has 2 heterocycles. The number of ether oxygens (including phenoxy) is 4. The number of fused-ring (bicyclic) bond motifs is 1. The van der Waals surface area contributed by atoms with Gasteiger partial charge in [0.05, 0.1) is 4.92 Å². The predicted molar refractivity (Wildman–Crippen MR) is 135 cm³/mol. The van der Waals surface area contributed by atoms with Gasteiger partial charge in [-0.15, -0.1) is 0 Å². The third-order valence-electron chi connectivity index (χ3n) is 5.21.